The van der Waals surface area contributed by atoms with Crippen molar-refractivity contribution in [2.24, 2.45) is 0 Å². The molecular weight excluding hydrogens is 266 g/mol. The minimum atomic E-state index is -0.454. The summed E-state index contributed by atoms with van der Waals surface area (Å²) in [6.07, 6.45) is 0.750. The Morgan fingerprint density at radius 2 is 1.48 bits per heavy atom. The normalized spacial score (nSPS) is 9.05. The molecule has 0 fully saturated rings. The second kappa shape index (κ2) is 7.68. The van der Waals surface area contributed by atoms with Gasteiger partial charge < -0.3 is 0 Å². The lowest BCUT2D eigenvalue weighted by Crippen LogP contribution is -2.15. The largest absolute Gasteiger partial charge is 0.285 e. The first-order chi connectivity index (χ1) is 10.0. The fourth-order valence-electron chi connectivity index (χ4n) is 1.84. The van der Waals surface area contributed by atoms with Gasteiger partial charge in [0.25, 0.3) is 0 Å². The molecule has 2 aromatic carbocycles. The lowest BCUT2D eigenvalue weighted by Gasteiger charge is -2.06. The van der Waals surface area contributed by atoms with Gasteiger partial charge in [-0.15, -0.1) is 0 Å². The number of benzene rings is 2. The third-order valence-corrected chi connectivity index (χ3v) is 3.09. The van der Waals surface area contributed by atoms with E-state index < -0.39 is 11.6 Å². The van der Waals surface area contributed by atoms with E-state index in [1.807, 2.05) is 26.0 Å². The monoisotopic (exact) mass is 281 g/mol. The Labute approximate surface area is 122 Å². The van der Waals surface area contributed by atoms with Crippen molar-refractivity contribution in [3.05, 3.63) is 70.8 Å². The molecule has 21 heavy (non-hydrogen) atoms. The van der Waals surface area contributed by atoms with Crippen molar-refractivity contribution < 1.29 is 14.4 Å². The van der Waals surface area contributed by atoms with Crippen molar-refractivity contribution >= 4 is 17.6 Å². The summed E-state index contributed by atoms with van der Waals surface area (Å²) in [7, 11) is 0. The second-order valence-corrected chi connectivity index (χ2v) is 4.37. The van der Waals surface area contributed by atoms with Crippen molar-refractivity contribution in [1.82, 2.24) is 0 Å². The van der Waals surface area contributed by atoms with Gasteiger partial charge in [-0.1, -0.05) is 48.5 Å². The fourth-order valence-corrected chi connectivity index (χ4v) is 1.84. The van der Waals surface area contributed by atoms with Crippen LogP contribution in [0, 0.1) is 19.3 Å². The molecule has 0 radical (unpaired) electrons. The standard InChI is InChI=1S/C16H14O2.CHNO/c1-11-7-6-10-14(12(11)2)16(18)15(17)13-8-4-3-5-9-13;2-1-3/h3-10H,1-2H3;2H. The molecule has 0 heterocycles. The maximum Gasteiger partial charge on any atom is 0.233 e. The van der Waals surface area contributed by atoms with Crippen molar-refractivity contribution in [1.29, 1.82) is 5.41 Å². The van der Waals surface area contributed by atoms with Crippen molar-refractivity contribution in [3.63, 3.8) is 0 Å². The Morgan fingerprint density at radius 1 is 0.905 bits per heavy atom. The Morgan fingerprint density at radius 3 is 2.05 bits per heavy atom. The average Bonchev–Trinajstić information content (AvgIpc) is 2.50. The lowest BCUT2D eigenvalue weighted by molar-refractivity contribution is 0.0816. The molecule has 0 aliphatic rings. The van der Waals surface area contributed by atoms with E-state index in [9.17, 15) is 9.59 Å². The van der Waals surface area contributed by atoms with Gasteiger partial charge in [0.2, 0.25) is 17.6 Å². The molecule has 106 valence electrons. The fraction of sp³-hybridized carbons (Fsp3) is 0.118. The van der Waals surface area contributed by atoms with Crippen LogP contribution >= 0.6 is 0 Å². The number of hydrogen-bond donors (Lipinski definition) is 1. The van der Waals surface area contributed by atoms with E-state index in [1.165, 1.54) is 0 Å². The van der Waals surface area contributed by atoms with Crippen LogP contribution in [0.15, 0.2) is 48.5 Å². The molecule has 4 nitrogen and oxygen atoms in total. The zero-order valence-electron chi connectivity index (χ0n) is 11.8. The number of carbonyl (C=O) groups excluding carboxylic acids is 3. The van der Waals surface area contributed by atoms with Gasteiger partial charge in [0.1, 0.15) is 0 Å². The van der Waals surface area contributed by atoms with E-state index in [0.29, 0.717) is 11.1 Å². The number of aryl methyl sites for hydroxylation is 1. The van der Waals surface area contributed by atoms with Crippen molar-refractivity contribution in [2.75, 3.05) is 0 Å². The van der Waals surface area contributed by atoms with E-state index in [2.05, 4.69) is 0 Å². The highest BCUT2D eigenvalue weighted by Crippen LogP contribution is 2.15. The molecule has 0 saturated carbocycles. The van der Waals surface area contributed by atoms with Gasteiger partial charge in [0.15, 0.2) is 0 Å². The van der Waals surface area contributed by atoms with Crippen LogP contribution in [0.2, 0.25) is 0 Å². The van der Waals surface area contributed by atoms with Crippen LogP contribution in [0.1, 0.15) is 31.8 Å². The number of carbonyl (C=O) groups is 2. The maximum absolute atomic E-state index is 12.2. The maximum atomic E-state index is 12.2. The summed E-state index contributed by atoms with van der Waals surface area (Å²) in [5.41, 5.74) is 2.81. The van der Waals surface area contributed by atoms with Gasteiger partial charge >= 0.3 is 0 Å². The Balaban J connectivity index is 0.000000677. The van der Waals surface area contributed by atoms with Crippen LogP contribution in [0.4, 0.5) is 0 Å². The number of nitrogens with one attached hydrogen (secondary N) is 1. The SMILES string of the molecule is Cc1cccc(C(=O)C(=O)c2ccccc2)c1C.N=C=O. The van der Waals surface area contributed by atoms with E-state index in [-0.39, 0.29) is 0 Å². The predicted octanol–water partition coefficient (Wildman–Crippen LogP) is 3.27. The number of hydrogen-bond acceptors (Lipinski definition) is 4. The van der Waals surface area contributed by atoms with Crippen LogP contribution < -0.4 is 0 Å². The van der Waals surface area contributed by atoms with Crippen LogP contribution in [0.25, 0.3) is 0 Å². The Kier molecular flexibility index (Phi) is 5.93. The number of ketones is 2. The van der Waals surface area contributed by atoms with E-state index in [4.69, 9.17) is 10.2 Å². The zero-order valence-corrected chi connectivity index (χ0v) is 11.8. The summed E-state index contributed by atoms with van der Waals surface area (Å²) in [4.78, 5) is 32.6. The first-order valence-corrected chi connectivity index (χ1v) is 6.27. The highest BCUT2D eigenvalue weighted by Gasteiger charge is 2.19. The highest BCUT2D eigenvalue weighted by atomic mass is 16.2. The minimum absolute atomic E-state index is 0.434. The summed E-state index contributed by atoms with van der Waals surface area (Å²) < 4.78 is 0. The molecule has 0 amide bonds. The van der Waals surface area contributed by atoms with Crippen LogP contribution in [0.5, 0.6) is 0 Å². The molecule has 0 aromatic heterocycles. The highest BCUT2D eigenvalue weighted by molar-refractivity contribution is 6.49. The molecular formula is C17H15NO3. The molecule has 0 spiro atoms. The van der Waals surface area contributed by atoms with Gasteiger partial charge in [-0.3, -0.25) is 9.59 Å². The van der Waals surface area contributed by atoms with E-state index in [1.54, 1.807) is 36.4 Å². The second-order valence-electron chi connectivity index (χ2n) is 4.37. The van der Waals surface area contributed by atoms with Crippen LogP contribution in [-0.4, -0.2) is 17.6 Å². The van der Waals surface area contributed by atoms with Gasteiger partial charge in [0.05, 0.1) is 0 Å². The molecule has 4 heteroatoms. The molecule has 2 rings (SSSR count). The smallest absolute Gasteiger partial charge is 0.233 e. The first kappa shape index (κ1) is 16.2. The van der Waals surface area contributed by atoms with Crippen molar-refractivity contribution in [3.8, 4) is 0 Å². The summed E-state index contributed by atoms with van der Waals surface area (Å²) >= 11 is 0. The summed E-state index contributed by atoms with van der Waals surface area (Å²) in [6, 6.07) is 14.1. The van der Waals surface area contributed by atoms with Crippen LogP contribution in [-0.2, 0) is 4.79 Å². The molecule has 2 aromatic rings. The van der Waals surface area contributed by atoms with Gasteiger partial charge in [-0.25, -0.2) is 10.2 Å². The third kappa shape index (κ3) is 4.06. The molecule has 0 bridgehead atoms. The molecule has 0 aliphatic heterocycles. The van der Waals surface area contributed by atoms with Crippen molar-refractivity contribution in [2.45, 2.75) is 13.8 Å². The van der Waals surface area contributed by atoms with Crippen LogP contribution in [0.3, 0.4) is 0 Å². The zero-order chi connectivity index (χ0) is 15.8. The summed E-state index contributed by atoms with van der Waals surface area (Å²) in [5, 5.41) is 5.40. The Hall–Kier alpha value is -2.84. The summed E-state index contributed by atoms with van der Waals surface area (Å²) in [5.74, 6) is -0.897. The minimum Gasteiger partial charge on any atom is -0.285 e. The molecule has 0 aliphatic carbocycles. The van der Waals surface area contributed by atoms with E-state index in [0.717, 1.165) is 17.2 Å². The number of rotatable bonds is 3. The molecule has 0 unspecified atom stereocenters. The van der Waals surface area contributed by atoms with Gasteiger partial charge in [-0.2, -0.15) is 0 Å². The number of Topliss-reactive ketones (excluding diaryl/α,β-unsaturated/α-hetero) is 2. The quantitative estimate of drug-likeness (QED) is 0.406. The average molecular weight is 281 g/mol. The van der Waals surface area contributed by atoms with Gasteiger partial charge in [-0.05, 0) is 25.0 Å². The molecule has 0 saturated heterocycles. The number of isocyanates is 1. The molecule has 0 atom stereocenters. The third-order valence-electron chi connectivity index (χ3n) is 3.09. The molecule has 1 N–H and O–H groups in total. The lowest BCUT2D eigenvalue weighted by atomic mass is 9.95. The first-order valence-electron chi connectivity index (χ1n) is 6.27. The van der Waals surface area contributed by atoms with Gasteiger partial charge in [0, 0.05) is 11.1 Å². The van der Waals surface area contributed by atoms with E-state index >= 15 is 0 Å². The topological polar surface area (TPSA) is 75.1 Å². The summed E-state index contributed by atoms with van der Waals surface area (Å²) in [6.45, 7) is 3.79. The Bertz CT molecular complexity index is 684. The predicted molar refractivity (Wildman–Crippen MR) is 79.4 cm³/mol.